The molecule has 0 aliphatic rings. The molecule has 6 nitrogen and oxygen atoms in total. The number of ketones is 2. The second-order valence-electron chi connectivity index (χ2n) is 9.02. The van der Waals surface area contributed by atoms with Crippen molar-refractivity contribution in [2.24, 2.45) is 0 Å². The summed E-state index contributed by atoms with van der Waals surface area (Å²) in [6, 6.07) is 43.8. The summed E-state index contributed by atoms with van der Waals surface area (Å²) < 4.78 is 0. The monoisotopic (exact) mass is 550 g/mol. The Kier molecular flexibility index (Phi) is 11.8. The van der Waals surface area contributed by atoms with Crippen LogP contribution in [0.1, 0.15) is 40.1 Å². The van der Waals surface area contributed by atoms with Gasteiger partial charge in [0.05, 0.1) is 18.2 Å². The van der Waals surface area contributed by atoms with Gasteiger partial charge in [-0.2, -0.15) is 5.26 Å². The van der Waals surface area contributed by atoms with E-state index >= 15 is 0 Å². The van der Waals surface area contributed by atoms with Crippen molar-refractivity contribution in [3.63, 3.8) is 0 Å². The lowest BCUT2D eigenvalue weighted by Gasteiger charge is -2.09. The Bertz CT molecular complexity index is 1520. The highest BCUT2D eigenvalue weighted by Gasteiger charge is 1.98. The summed E-state index contributed by atoms with van der Waals surface area (Å²) in [5, 5.41) is 15.2. The molecule has 6 heteroatoms. The lowest BCUT2D eigenvalue weighted by atomic mass is 10.1. The normalized spacial score (nSPS) is 9.33. The SMILES string of the molecule is CC(=O)c1ccc(C#N)cc1.[C-]#[N+]c1ccc(C(C)=O)cc1.c1ccc(Nc2ccc(Nc3ccccc3)cc2)cc1. The van der Waals surface area contributed by atoms with Crippen LogP contribution in [0.2, 0.25) is 0 Å². The fraction of sp³-hybridized carbons (Fsp3) is 0.0556. The van der Waals surface area contributed by atoms with Gasteiger partial charge in [0.25, 0.3) is 0 Å². The van der Waals surface area contributed by atoms with Gasteiger partial charge in [-0.3, -0.25) is 9.59 Å². The highest BCUT2D eigenvalue weighted by atomic mass is 16.1. The van der Waals surface area contributed by atoms with Crippen molar-refractivity contribution in [1.29, 1.82) is 5.26 Å². The van der Waals surface area contributed by atoms with E-state index in [1.54, 1.807) is 48.5 Å². The number of anilines is 4. The fourth-order valence-electron chi connectivity index (χ4n) is 3.56. The molecule has 2 N–H and O–H groups in total. The average Bonchev–Trinajstić information content (AvgIpc) is 3.03. The maximum atomic E-state index is 10.8. The average molecular weight is 551 g/mol. The van der Waals surface area contributed by atoms with E-state index in [0.29, 0.717) is 22.4 Å². The number of Topliss-reactive ketones (excluding diaryl/α,β-unsaturated/α-hetero) is 2. The second kappa shape index (κ2) is 16.2. The van der Waals surface area contributed by atoms with Crippen molar-refractivity contribution in [3.8, 4) is 6.07 Å². The molecule has 0 bridgehead atoms. The molecule has 0 fully saturated rings. The van der Waals surface area contributed by atoms with Gasteiger partial charge in [0, 0.05) is 33.9 Å². The van der Waals surface area contributed by atoms with Crippen LogP contribution in [0, 0.1) is 17.9 Å². The van der Waals surface area contributed by atoms with Gasteiger partial charge in [0.2, 0.25) is 0 Å². The van der Waals surface area contributed by atoms with Crippen molar-refractivity contribution in [3.05, 3.63) is 162 Å². The third-order valence-corrected chi connectivity index (χ3v) is 5.83. The number of carbonyl (C=O) groups excluding carboxylic acids is 2. The molecule has 0 aromatic heterocycles. The van der Waals surface area contributed by atoms with E-state index in [4.69, 9.17) is 11.8 Å². The molecule has 0 atom stereocenters. The van der Waals surface area contributed by atoms with E-state index in [1.165, 1.54) is 13.8 Å². The summed E-state index contributed by atoms with van der Waals surface area (Å²) in [5.41, 5.74) is 6.78. The van der Waals surface area contributed by atoms with Crippen LogP contribution in [-0.4, -0.2) is 11.6 Å². The van der Waals surface area contributed by atoms with Crippen LogP contribution in [0.15, 0.2) is 133 Å². The fourth-order valence-corrected chi connectivity index (χ4v) is 3.56. The summed E-state index contributed by atoms with van der Waals surface area (Å²) in [5.74, 6) is 0.0519. The van der Waals surface area contributed by atoms with Gasteiger partial charge in [-0.25, -0.2) is 4.85 Å². The maximum absolute atomic E-state index is 10.8. The van der Waals surface area contributed by atoms with Gasteiger partial charge in [-0.1, -0.05) is 72.8 Å². The van der Waals surface area contributed by atoms with Gasteiger partial charge in [0.1, 0.15) is 0 Å². The zero-order valence-electron chi connectivity index (χ0n) is 23.4. The topological polar surface area (TPSA) is 86.3 Å². The molecule has 0 amide bonds. The molecule has 42 heavy (non-hydrogen) atoms. The van der Waals surface area contributed by atoms with Crippen LogP contribution in [0.25, 0.3) is 4.85 Å². The lowest BCUT2D eigenvalue weighted by Crippen LogP contribution is -1.92. The van der Waals surface area contributed by atoms with Crippen molar-refractivity contribution < 1.29 is 9.59 Å². The first kappa shape index (κ1) is 30.6. The minimum Gasteiger partial charge on any atom is -0.356 e. The zero-order valence-corrected chi connectivity index (χ0v) is 23.4. The van der Waals surface area contributed by atoms with E-state index < -0.39 is 0 Å². The first-order valence-corrected chi connectivity index (χ1v) is 13.1. The smallest absolute Gasteiger partial charge is 0.187 e. The molecule has 5 aromatic carbocycles. The summed E-state index contributed by atoms with van der Waals surface area (Å²) in [6.07, 6.45) is 0. The van der Waals surface area contributed by atoms with E-state index in [1.807, 2.05) is 42.5 Å². The molecule has 5 rings (SSSR count). The Labute approximate surface area is 246 Å². The number of hydrogen-bond acceptors (Lipinski definition) is 5. The predicted molar refractivity (Wildman–Crippen MR) is 170 cm³/mol. The Hall–Kier alpha value is -5.98. The Morgan fingerprint density at radius 2 is 0.929 bits per heavy atom. The number of benzene rings is 5. The second-order valence-corrected chi connectivity index (χ2v) is 9.02. The van der Waals surface area contributed by atoms with Crippen LogP contribution < -0.4 is 10.6 Å². The molecule has 0 aliphatic heterocycles. The molecule has 0 saturated carbocycles. The van der Waals surface area contributed by atoms with Crippen LogP contribution >= 0.6 is 0 Å². The highest BCUT2D eigenvalue weighted by molar-refractivity contribution is 5.94. The van der Waals surface area contributed by atoms with Gasteiger partial charge in [-0.15, -0.1) is 0 Å². The van der Waals surface area contributed by atoms with Gasteiger partial charge in [0.15, 0.2) is 17.3 Å². The highest BCUT2D eigenvalue weighted by Crippen LogP contribution is 2.21. The summed E-state index contributed by atoms with van der Waals surface area (Å²) in [7, 11) is 0. The molecule has 206 valence electrons. The van der Waals surface area contributed by atoms with Crippen LogP contribution in [0.3, 0.4) is 0 Å². The minimum absolute atomic E-state index is 0.0227. The molecule has 0 unspecified atom stereocenters. The van der Waals surface area contributed by atoms with Crippen molar-refractivity contribution in [2.45, 2.75) is 13.8 Å². The van der Waals surface area contributed by atoms with Gasteiger partial charge in [-0.05, 0) is 74.5 Å². The van der Waals surface area contributed by atoms with Gasteiger partial charge < -0.3 is 10.6 Å². The number of rotatable bonds is 6. The molecule has 0 radical (unpaired) electrons. The molecule has 0 spiro atoms. The van der Waals surface area contributed by atoms with E-state index in [-0.39, 0.29) is 11.6 Å². The first-order valence-electron chi connectivity index (χ1n) is 13.1. The lowest BCUT2D eigenvalue weighted by molar-refractivity contribution is 0.100. The summed E-state index contributed by atoms with van der Waals surface area (Å²) >= 11 is 0. The quantitative estimate of drug-likeness (QED) is 0.162. The molecule has 0 saturated heterocycles. The predicted octanol–water partition coefficient (Wildman–Crippen LogP) is 9.37. The maximum Gasteiger partial charge on any atom is 0.187 e. The standard InChI is InChI=1S/C18H16N2.2C9H7NO/c1-3-7-15(8-4-1)19-17-11-13-18(14-12-17)20-16-9-5-2-6-10-16;1-7(11)8-3-5-9(10-2)6-4-8;1-7(11)9-4-2-8(6-10)3-5-9/h1-14,19-20H;3-6H,1H3;2-5H,1H3. The third-order valence-electron chi connectivity index (χ3n) is 5.83. The van der Waals surface area contributed by atoms with E-state index in [9.17, 15) is 9.59 Å². The Morgan fingerprint density at radius 3 is 1.26 bits per heavy atom. The Morgan fingerprint density at radius 1 is 0.571 bits per heavy atom. The minimum atomic E-state index is 0.0227. The summed E-state index contributed by atoms with van der Waals surface area (Å²) in [6.45, 7) is 9.67. The van der Waals surface area contributed by atoms with Crippen LogP contribution in [-0.2, 0) is 0 Å². The molecule has 5 aromatic rings. The number of nitriles is 1. The third kappa shape index (κ3) is 10.3. The molecule has 0 heterocycles. The number of carbonyl (C=O) groups is 2. The first-order chi connectivity index (χ1) is 20.4. The molecular formula is C36H30N4O2. The number of para-hydroxylation sites is 2. The van der Waals surface area contributed by atoms with Crippen molar-refractivity contribution in [1.82, 2.24) is 0 Å². The van der Waals surface area contributed by atoms with E-state index in [0.717, 1.165) is 22.7 Å². The molecule has 0 aliphatic carbocycles. The summed E-state index contributed by atoms with van der Waals surface area (Å²) in [4.78, 5) is 24.7. The molecular weight excluding hydrogens is 520 g/mol. The number of nitrogens with one attached hydrogen (secondary N) is 2. The van der Waals surface area contributed by atoms with Crippen molar-refractivity contribution in [2.75, 3.05) is 10.6 Å². The Balaban J connectivity index is 0.000000188. The van der Waals surface area contributed by atoms with Crippen LogP contribution in [0.4, 0.5) is 28.4 Å². The van der Waals surface area contributed by atoms with Crippen LogP contribution in [0.5, 0.6) is 0 Å². The largest absolute Gasteiger partial charge is 0.356 e. The van der Waals surface area contributed by atoms with Gasteiger partial charge >= 0.3 is 0 Å². The number of hydrogen-bond donors (Lipinski definition) is 2. The van der Waals surface area contributed by atoms with E-state index in [2.05, 4.69) is 64.0 Å². The zero-order chi connectivity index (χ0) is 30.2. The van der Waals surface area contributed by atoms with Crippen molar-refractivity contribution >= 4 is 40.0 Å². The number of nitrogens with zero attached hydrogens (tertiary/aromatic N) is 2.